The van der Waals surface area contributed by atoms with E-state index in [1.165, 1.54) is 0 Å². The van der Waals surface area contributed by atoms with Crippen molar-refractivity contribution in [2.24, 2.45) is 11.1 Å². The fraction of sp³-hybridized carbons (Fsp3) is 0.409. The third kappa shape index (κ3) is 2.60. The quantitative estimate of drug-likeness (QED) is 0.726. The van der Waals surface area contributed by atoms with Gasteiger partial charge < -0.3 is 15.6 Å². The molecule has 5 rings (SSSR count). The number of amides is 2. The standard InChI is InChI=1S/C22H25N5O2/c1-25-10-4-8-22(21(25)29)9-5-11-26(14-22)27-18-7-3-2-6-15(18)16-12-24-13-17(19(16)27)20(23)28/h2-3,6-7,12-13H,4-5,8-11,14H2,1H3,(H2,23,28). The molecule has 7 heteroatoms. The second-order valence-corrected chi connectivity index (χ2v) is 8.38. The van der Waals surface area contributed by atoms with E-state index >= 15 is 0 Å². The van der Waals surface area contributed by atoms with Crippen LogP contribution in [0.3, 0.4) is 0 Å². The van der Waals surface area contributed by atoms with Gasteiger partial charge in [0.15, 0.2) is 0 Å². The Bertz CT molecular complexity index is 1130. The largest absolute Gasteiger partial charge is 0.365 e. The molecule has 2 fully saturated rings. The number of carbonyl (C=O) groups is 2. The molecule has 29 heavy (non-hydrogen) atoms. The van der Waals surface area contributed by atoms with Gasteiger partial charge in [0.2, 0.25) is 5.91 Å². The first-order valence-electron chi connectivity index (χ1n) is 10.2. The number of hydrogen-bond acceptors (Lipinski definition) is 4. The van der Waals surface area contributed by atoms with E-state index in [1.807, 2.05) is 30.1 Å². The summed E-state index contributed by atoms with van der Waals surface area (Å²) in [5, 5.41) is 4.17. The van der Waals surface area contributed by atoms with Gasteiger partial charge in [-0.25, -0.2) is 0 Å². The van der Waals surface area contributed by atoms with Crippen LogP contribution in [0, 0.1) is 5.41 Å². The Hall–Kier alpha value is -3.09. The average molecular weight is 391 g/mol. The van der Waals surface area contributed by atoms with Crippen LogP contribution in [-0.4, -0.2) is 53.1 Å². The molecule has 1 spiro atoms. The Morgan fingerprint density at radius 1 is 1.10 bits per heavy atom. The Labute approximate surface area is 169 Å². The van der Waals surface area contributed by atoms with Crippen molar-refractivity contribution >= 4 is 33.6 Å². The van der Waals surface area contributed by atoms with Crippen LogP contribution in [-0.2, 0) is 4.79 Å². The minimum atomic E-state index is -0.493. The monoisotopic (exact) mass is 391 g/mol. The predicted molar refractivity (Wildman–Crippen MR) is 112 cm³/mol. The Morgan fingerprint density at radius 2 is 1.86 bits per heavy atom. The Kier molecular flexibility index (Phi) is 4.01. The maximum absolute atomic E-state index is 13.1. The number of pyridine rings is 1. The summed E-state index contributed by atoms with van der Waals surface area (Å²) in [4.78, 5) is 31.5. The van der Waals surface area contributed by atoms with Crippen molar-refractivity contribution < 1.29 is 9.59 Å². The Morgan fingerprint density at radius 3 is 2.66 bits per heavy atom. The van der Waals surface area contributed by atoms with E-state index < -0.39 is 5.91 Å². The minimum absolute atomic E-state index is 0.242. The van der Waals surface area contributed by atoms with Gasteiger partial charge in [-0.05, 0) is 31.7 Å². The molecule has 1 unspecified atom stereocenters. The van der Waals surface area contributed by atoms with E-state index in [2.05, 4.69) is 20.7 Å². The number of primary amides is 1. The number of rotatable bonds is 2. The summed E-state index contributed by atoms with van der Waals surface area (Å²) >= 11 is 0. The number of hydrogen-bond donors (Lipinski definition) is 1. The molecule has 7 nitrogen and oxygen atoms in total. The molecule has 0 radical (unpaired) electrons. The molecule has 0 bridgehead atoms. The highest BCUT2D eigenvalue weighted by molar-refractivity contribution is 6.15. The Balaban J connectivity index is 1.71. The molecule has 2 amide bonds. The summed E-state index contributed by atoms with van der Waals surface area (Å²) in [6.07, 6.45) is 7.12. The van der Waals surface area contributed by atoms with E-state index in [-0.39, 0.29) is 11.3 Å². The van der Waals surface area contributed by atoms with Gasteiger partial charge in [-0.15, -0.1) is 0 Å². The van der Waals surface area contributed by atoms with Crippen LogP contribution in [0.1, 0.15) is 36.0 Å². The van der Waals surface area contributed by atoms with Crippen molar-refractivity contribution in [1.29, 1.82) is 0 Å². The molecule has 4 heterocycles. The third-order valence-corrected chi connectivity index (χ3v) is 6.61. The molecule has 2 aromatic heterocycles. The lowest BCUT2D eigenvalue weighted by molar-refractivity contribution is -0.145. The summed E-state index contributed by atoms with van der Waals surface area (Å²) in [5.74, 6) is -0.252. The van der Waals surface area contributed by atoms with Crippen molar-refractivity contribution in [1.82, 2.24) is 14.6 Å². The van der Waals surface area contributed by atoms with Crippen LogP contribution in [0.25, 0.3) is 21.8 Å². The molecule has 0 aliphatic carbocycles. The van der Waals surface area contributed by atoms with Gasteiger partial charge in [-0.3, -0.25) is 19.2 Å². The highest BCUT2D eigenvalue weighted by Crippen LogP contribution is 2.40. The molecule has 2 aliphatic rings. The minimum Gasteiger partial charge on any atom is -0.365 e. The van der Waals surface area contributed by atoms with Crippen molar-refractivity contribution in [3.63, 3.8) is 0 Å². The second kappa shape index (κ2) is 6.47. The fourth-order valence-corrected chi connectivity index (χ4v) is 5.28. The third-order valence-electron chi connectivity index (χ3n) is 6.61. The first kappa shape index (κ1) is 18.0. The number of para-hydroxylation sites is 1. The predicted octanol–water partition coefficient (Wildman–Crippen LogP) is 2.26. The highest BCUT2D eigenvalue weighted by Gasteiger charge is 2.46. The molecule has 150 valence electrons. The number of aromatic nitrogens is 2. The number of likely N-dealkylation sites (tertiary alicyclic amines) is 1. The van der Waals surface area contributed by atoms with Gasteiger partial charge in [0.25, 0.3) is 5.91 Å². The van der Waals surface area contributed by atoms with Gasteiger partial charge in [0.05, 0.1) is 22.0 Å². The smallest absolute Gasteiger partial charge is 0.252 e. The molecular weight excluding hydrogens is 366 g/mol. The maximum atomic E-state index is 13.1. The normalized spacial score (nSPS) is 22.7. The molecule has 2 N–H and O–H groups in total. The van der Waals surface area contributed by atoms with Crippen LogP contribution in [0.15, 0.2) is 36.7 Å². The summed E-state index contributed by atoms with van der Waals surface area (Å²) in [7, 11) is 1.90. The molecule has 3 aromatic rings. The number of piperidine rings is 2. The summed E-state index contributed by atoms with van der Waals surface area (Å²) in [6, 6.07) is 8.07. The first-order chi connectivity index (χ1) is 14.0. The highest BCUT2D eigenvalue weighted by atomic mass is 16.2. The lowest BCUT2D eigenvalue weighted by Gasteiger charge is -2.47. The van der Waals surface area contributed by atoms with Crippen molar-refractivity contribution in [3.8, 4) is 0 Å². The van der Waals surface area contributed by atoms with Gasteiger partial charge in [0, 0.05) is 49.8 Å². The van der Waals surface area contributed by atoms with Gasteiger partial charge in [0.1, 0.15) is 0 Å². The van der Waals surface area contributed by atoms with Crippen molar-refractivity contribution in [3.05, 3.63) is 42.2 Å². The first-order valence-corrected chi connectivity index (χ1v) is 10.2. The summed E-state index contributed by atoms with van der Waals surface area (Å²) in [5.41, 5.74) is 7.54. The fourth-order valence-electron chi connectivity index (χ4n) is 5.28. The molecule has 1 aromatic carbocycles. The SMILES string of the molecule is CN1CCCC2(CCCN(n3c4ccccc4c4cncc(C(N)=O)c43)C2)C1=O. The summed E-state index contributed by atoms with van der Waals surface area (Å²) in [6.45, 7) is 2.30. The molecule has 1 atom stereocenters. The lowest BCUT2D eigenvalue weighted by atomic mass is 9.73. The van der Waals surface area contributed by atoms with Crippen molar-refractivity contribution in [2.45, 2.75) is 25.7 Å². The average Bonchev–Trinajstić information content (AvgIpc) is 3.07. The zero-order valence-electron chi connectivity index (χ0n) is 16.6. The maximum Gasteiger partial charge on any atom is 0.252 e. The van der Waals surface area contributed by atoms with Gasteiger partial charge in [-0.1, -0.05) is 18.2 Å². The van der Waals surface area contributed by atoms with E-state index in [4.69, 9.17) is 5.73 Å². The van der Waals surface area contributed by atoms with Crippen LogP contribution in [0.5, 0.6) is 0 Å². The zero-order chi connectivity index (χ0) is 20.2. The molecule has 2 aliphatic heterocycles. The number of nitrogens with zero attached hydrogens (tertiary/aromatic N) is 4. The van der Waals surface area contributed by atoms with Crippen LogP contribution in [0.4, 0.5) is 0 Å². The molecular formula is C22H25N5O2. The molecule has 0 saturated carbocycles. The van der Waals surface area contributed by atoms with E-state index in [1.54, 1.807) is 12.4 Å². The molecule has 2 saturated heterocycles. The number of fused-ring (bicyclic) bond motifs is 3. The van der Waals surface area contributed by atoms with Gasteiger partial charge >= 0.3 is 0 Å². The van der Waals surface area contributed by atoms with Crippen molar-refractivity contribution in [2.75, 3.05) is 31.7 Å². The zero-order valence-corrected chi connectivity index (χ0v) is 16.6. The van der Waals surface area contributed by atoms with Crippen LogP contribution >= 0.6 is 0 Å². The van der Waals surface area contributed by atoms with E-state index in [9.17, 15) is 9.59 Å². The number of carbonyl (C=O) groups excluding carboxylic acids is 2. The lowest BCUT2D eigenvalue weighted by Crippen LogP contribution is -2.57. The van der Waals surface area contributed by atoms with Crippen LogP contribution in [0.2, 0.25) is 0 Å². The second-order valence-electron chi connectivity index (χ2n) is 8.38. The van der Waals surface area contributed by atoms with E-state index in [0.29, 0.717) is 12.1 Å². The topological polar surface area (TPSA) is 84.5 Å². The number of nitrogens with two attached hydrogens (primary N) is 1. The van der Waals surface area contributed by atoms with Gasteiger partial charge in [-0.2, -0.15) is 0 Å². The summed E-state index contributed by atoms with van der Waals surface area (Å²) < 4.78 is 2.11. The van der Waals surface area contributed by atoms with Crippen LogP contribution < -0.4 is 10.7 Å². The van der Waals surface area contributed by atoms with E-state index in [0.717, 1.165) is 60.6 Å². The number of benzene rings is 1.